The second-order valence-corrected chi connectivity index (χ2v) is 6.49. The molecule has 4 heteroatoms. The summed E-state index contributed by atoms with van der Waals surface area (Å²) in [4.78, 5) is 14.8. The summed E-state index contributed by atoms with van der Waals surface area (Å²) >= 11 is 4.17. The smallest absolute Gasteiger partial charge is 0.256 e. The normalized spacial score (nSPS) is 19.1. The maximum Gasteiger partial charge on any atom is 0.256 e. The van der Waals surface area contributed by atoms with Gasteiger partial charge in [0.05, 0.1) is 5.56 Å². The van der Waals surface area contributed by atoms with Gasteiger partial charge in [-0.3, -0.25) is 4.79 Å². The zero-order valence-corrected chi connectivity index (χ0v) is 12.3. The van der Waals surface area contributed by atoms with E-state index in [9.17, 15) is 9.18 Å². The topological polar surface area (TPSA) is 20.3 Å². The summed E-state index contributed by atoms with van der Waals surface area (Å²) in [7, 11) is 0. The third-order valence-electron chi connectivity index (χ3n) is 3.81. The van der Waals surface area contributed by atoms with Crippen LogP contribution in [0.1, 0.15) is 43.5 Å². The van der Waals surface area contributed by atoms with E-state index in [2.05, 4.69) is 26.5 Å². The molecule has 0 aromatic heterocycles. The molecule has 1 aliphatic heterocycles. The molecule has 1 heterocycles. The summed E-state index contributed by atoms with van der Waals surface area (Å²) in [6.45, 7) is 5.84. The molecule has 0 saturated carbocycles. The van der Waals surface area contributed by atoms with Gasteiger partial charge in [0.25, 0.3) is 5.91 Å². The summed E-state index contributed by atoms with van der Waals surface area (Å²) in [5.74, 6) is -0.683. The Hall–Kier alpha value is -1.03. The predicted octanol–water partition coefficient (Wildman–Crippen LogP) is 3.77. The Kier molecular flexibility index (Phi) is 4.19. The van der Waals surface area contributed by atoms with Gasteiger partial charge in [-0.05, 0) is 42.9 Å². The van der Waals surface area contributed by atoms with Crippen LogP contribution in [0, 0.1) is 11.2 Å². The number of halogens is 1. The van der Waals surface area contributed by atoms with Gasteiger partial charge in [-0.15, -0.1) is 12.6 Å². The van der Waals surface area contributed by atoms with Crippen LogP contribution in [0.4, 0.5) is 4.39 Å². The molecular weight excluding hydrogens is 261 g/mol. The molecule has 1 amide bonds. The van der Waals surface area contributed by atoms with E-state index in [1.807, 2.05) is 0 Å². The Morgan fingerprint density at radius 3 is 2.79 bits per heavy atom. The number of amides is 1. The van der Waals surface area contributed by atoms with E-state index < -0.39 is 5.82 Å². The second kappa shape index (κ2) is 5.53. The van der Waals surface area contributed by atoms with Crippen LogP contribution in [0.2, 0.25) is 0 Å². The minimum atomic E-state index is -0.466. The van der Waals surface area contributed by atoms with Gasteiger partial charge in [0.2, 0.25) is 0 Å². The average Bonchev–Trinajstić information content (AvgIpc) is 2.52. The number of likely N-dealkylation sites (tertiary alicyclic amines) is 1. The third-order valence-corrected chi connectivity index (χ3v) is 4.09. The van der Waals surface area contributed by atoms with Crippen LogP contribution in [-0.2, 0) is 0 Å². The zero-order valence-electron chi connectivity index (χ0n) is 11.4. The molecule has 0 spiro atoms. The summed E-state index contributed by atoms with van der Waals surface area (Å²) < 4.78 is 13.7. The van der Waals surface area contributed by atoms with E-state index in [4.69, 9.17) is 0 Å². The van der Waals surface area contributed by atoms with Crippen LogP contribution in [0.5, 0.6) is 0 Å². The molecule has 0 atom stereocenters. The molecule has 2 rings (SSSR count). The molecule has 1 aliphatic rings. The highest BCUT2D eigenvalue weighted by atomic mass is 32.1. The Balaban J connectivity index is 2.17. The first-order valence-corrected chi connectivity index (χ1v) is 7.12. The highest BCUT2D eigenvalue weighted by molar-refractivity contribution is 7.80. The largest absolute Gasteiger partial charge is 0.339 e. The molecule has 1 aromatic rings. The number of hydrogen-bond acceptors (Lipinski definition) is 2. The Labute approximate surface area is 119 Å². The molecule has 1 saturated heterocycles. The average molecular weight is 281 g/mol. The van der Waals surface area contributed by atoms with Gasteiger partial charge in [-0.25, -0.2) is 4.39 Å². The van der Waals surface area contributed by atoms with Gasteiger partial charge >= 0.3 is 0 Å². The van der Waals surface area contributed by atoms with E-state index in [1.165, 1.54) is 12.1 Å². The fraction of sp³-hybridized carbons (Fsp3) is 0.533. The van der Waals surface area contributed by atoms with Crippen LogP contribution >= 0.6 is 12.6 Å². The van der Waals surface area contributed by atoms with Gasteiger partial charge in [-0.2, -0.15) is 0 Å². The molecule has 0 N–H and O–H groups in total. The van der Waals surface area contributed by atoms with Crippen molar-refractivity contribution in [3.63, 3.8) is 0 Å². The molecular formula is C15H20FNOS. The number of nitrogens with zero attached hydrogens (tertiary/aromatic N) is 1. The predicted molar refractivity (Wildman–Crippen MR) is 77.2 cm³/mol. The standard InChI is InChI=1S/C15H20FNOS/c1-15(2)6-3-8-17(9-7-15)14(18)12-10-11(19)4-5-13(12)16/h4-5,10,19H,3,6-9H2,1-2H3. The Morgan fingerprint density at radius 1 is 1.32 bits per heavy atom. The Morgan fingerprint density at radius 2 is 2.05 bits per heavy atom. The molecule has 0 aliphatic carbocycles. The lowest BCUT2D eigenvalue weighted by molar-refractivity contribution is 0.0752. The molecule has 19 heavy (non-hydrogen) atoms. The molecule has 104 valence electrons. The lowest BCUT2D eigenvalue weighted by Crippen LogP contribution is -2.33. The molecule has 1 aromatic carbocycles. The summed E-state index contributed by atoms with van der Waals surface area (Å²) in [5.41, 5.74) is 0.395. The molecule has 2 nitrogen and oxygen atoms in total. The van der Waals surface area contributed by atoms with E-state index in [0.717, 1.165) is 19.3 Å². The first-order chi connectivity index (χ1) is 8.89. The van der Waals surface area contributed by atoms with Crippen molar-refractivity contribution in [2.75, 3.05) is 13.1 Å². The molecule has 0 unspecified atom stereocenters. The number of carbonyl (C=O) groups is 1. The minimum absolute atomic E-state index is 0.132. The summed E-state index contributed by atoms with van der Waals surface area (Å²) in [6, 6.07) is 4.37. The number of thiol groups is 1. The van der Waals surface area contributed by atoms with Crippen LogP contribution in [0.15, 0.2) is 23.1 Å². The van der Waals surface area contributed by atoms with E-state index in [1.54, 1.807) is 11.0 Å². The van der Waals surface area contributed by atoms with Crippen molar-refractivity contribution in [3.05, 3.63) is 29.6 Å². The third kappa shape index (κ3) is 3.50. The number of carbonyl (C=O) groups excluding carboxylic acids is 1. The maximum absolute atomic E-state index is 13.7. The fourth-order valence-corrected chi connectivity index (χ4v) is 2.68. The minimum Gasteiger partial charge on any atom is -0.339 e. The van der Waals surface area contributed by atoms with Crippen molar-refractivity contribution < 1.29 is 9.18 Å². The van der Waals surface area contributed by atoms with Gasteiger partial charge in [0.1, 0.15) is 5.82 Å². The lowest BCUT2D eigenvalue weighted by Gasteiger charge is -2.23. The Bertz CT molecular complexity index is 487. The van der Waals surface area contributed by atoms with Crippen molar-refractivity contribution in [1.82, 2.24) is 4.90 Å². The van der Waals surface area contributed by atoms with Crippen molar-refractivity contribution in [3.8, 4) is 0 Å². The number of hydrogen-bond donors (Lipinski definition) is 1. The molecule has 0 bridgehead atoms. The first kappa shape index (κ1) is 14.4. The van der Waals surface area contributed by atoms with Crippen molar-refractivity contribution in [1.29, 1.82) is 0 Å². The summed E-state index contributed by atoms with van der Waals surface area (Å²) in [5, 5.41) is 0. The molecule has 0 radical (unpaired) electrons. The van der Waals surface area contributed by atoms with Gasteiger partial charge in [0.15, 0.2) is 0 Å². The second-order valence-electron chi connectivity index (χ2n) is 5.97. The monoisotopic (exact) mass is 281 g/mol. The van der Waals surface area contributed by atoms with Crippen molar-refractivity contribution in [2.24, 2.45) is 5.41 Å². The van der Waals surface area contributed by atoms with Crippen LogP contribution in [0.25, 0.3) is 0 Å². The highest BCUT2D eigenvalue weighted by Crippen LogP contribution is 2.30. The van der Waals surface area contributed by atoms with E-state index in [-0.39, 0.29) is 16.9 Å². The van der Waals surface area contributed by atoms with Gasteiger partial charge in [-0.1, -0.05) is 13.8 Å². The first-order valence-electron chi connectivity index (χ1n) is 6.67. The van der Waals surface area contributed by atoms with Crippen LogP contribution in [-0.4, -0.2) is 23.9 Å². The van der Waals surface area contributed by atoms with Crippen molar-refractivity contribution >= 4 is 18.5 Å². The SMILES string of the molecule is CC1(C)CCCN(C(=O)c2cc(S)ccc2F)CC1. The van der Waals surface area contributed by atoms with Crippen LogP contribution in [0.3, 0.4) is 0 Å². The summed E-state index contributed by atoms with van der Waals surface area (Å²) in [6.07, 6.45) is 3.04. The number of benzene rings is 1. The van der Waals surface area contributed by atoms with Crippen LogP contribution < -0.4 is 0 Å². The highest BCUT2D eigenvalue weighted by Gasteiger charge is 2.27. The van der Waals surface area contributed by atoms with Gasteiger partial charge < -0.3 is 4.90 Å². The number of rotatable bonds is 1. The molecule has 1 fully saturated rings. The van der Waals surface area contributed by atoms with Crippen molar-refractivity contribution in [2.45, 2.75) is 38.0 Å². The van der Waals surface area contributed by atoms with E-state index in [0.29, 0.717) is 18.0 Å². The van der Waals surface area contributed by atoms with Gasteiger partial charge in [0, 0.05) is 18.0 Å². The van der Waals surface area contributed by atoms with E-state index >= 15 is 0 Å². The maximum atomic E-state index is 13.7. The quantitative estimate of drug-likeness (QED) is 0.777. The fourth-order valence-electron chi connectivity index (χ4n) is 2.47. The zero-order chi connectivity index (χ0) is 14.0. The lowest BCUT2D eigenvalue weighted by atomic mass is 9.85.